The van der Waals surface area contributed by atoms with Crippen LogP contribution in [0.1, 0.15) is 40.2 Å². The molecule has 0 aliphatic carbocycles. The van der Waals surface area contributed by atoms with E-state index in [4.69, 9.17) is 4.74 Å². The molecule has 1 amide bonds. The van der Waals surface area contributed by atoms with Crippen molar-refractivity contribution >= 4 is 45.5 Å². The second-order valence-electron chi connectivity index (χ2n) is 9.62. The van der Waals surface area contributed by atoms with Crippen molar-refractivity contribution in [3.05, 3.63) is 40.0 Å². The van der Waals surface area contributed by atoms with Gasteiger partial charge < -0.3 is 14.5 Å². The van der Waals surface area contributed by atoms with Crippen molar-refractivity contribution in [2.45, 2.75) is 58.5 Å². The molecule has 1 fully saturated rings. The number of ether oxygens (including phenoxy) is 1. The van der Waals surface area contributed by atoms with Gasteiger partial charge in [-0.1, -0.05) is 0 Å². The standard InChI is InChI=1S/C23H26F3IN6O2/c1-13-10-32(21(34)35-22(3,4)5)14(2)9-31(13)19-18-16(23(24,25)26)11-33(20(18)30-12-29-19)17-8-15(27)6-7-28-17/h6-8,11-14H,9-10H2,1-5H3/t13?,14-/m0/s1. The fourth-order valence-electron chi connectivity index (χ4n) is 4.17. The number of anilines is 1. The average Bonchev–Trinajstić information content (AvgIpc) is 3.14. The van der Waals surface area contributed by atoms with Crippen molar-refractivity contribution < 1.29 is 22.7 Å². The molecule has 0 bridgehead atoms. The first-order chi connectivity index (χ1) is 16.3. The monoisotopic (exact) mass is 602 g/mol. The maximum Gasteiger partial charge on any atom is 0.418 e. The van der Waals surface area contributed by atoms with Gasteiger partial charge in [-0.25, -0.2) is 19.7 Å². The summed E-state index contributed by atoms with van der Waals surface area (Å²) in [6.45, 7) is 9.63. The van der Waals surface area contributed by atoms with E-state index in [-0.39, 0.29) is 42.0 Å². The summed E-state index contributed by atoms with van der Waals surface area (Å²) < 4.78 is 50.3. The van der Waals surface area contributed by atoms with Gasteiger partial charge in [0.15, 0.2) is 5.65 Å². The van der Waals surface area contributed by atoms with E-state index in [1.807, 2.05) is 13.8 Å². The van der Waals surface area contributed by atoms with E-state index < -0.39 is 23.4 Å². The normalized spacial score (nSPS) is 19.3. The lowest BCUT2D eigenvalue weighted by Gasteiger charge is -2.44. The Balaban J connectivity index is 1.78. The summed E-state index contributed by atoms with van der Waals surface area (Å²) in [5.41, 5.74) is -1.37. The van der Waals surface area contributed by atoms with Crippen molar-refractivity contribution in [1.29, 1.82) is 0 Å². The number of piperazine rings is 1. The summed E-state index contributed by atoms with van der Waals surface area (Å²) in [4.78, 5) is 28.8. The molecule has 1 aliphatic heterocycles. The molecule has 1 aliphatic rings. The molecule has 1 unspecified atom stereocenters. The van der Waals surface area contributed by atoms with E-state index in [1.54, 1.807) is 42.7 Å². The Kier molecular flexibility index (Phi) is 6.62. The minimum atomic E-state index is -4.63. The number of hydrogen-bond donors (Lipinski definition) is 0. The van der Waals surface area contributed by atoms with E-state index in [1.165, 1.54) is 17.1 Å². The van der Waals surface area contributed by atoms with Crippen molar-refractivity contribution in [3.63, 3.8) is 0 Å². The molecule has 4 heterocycles. The van der Waals surface area contributed by atoms with Gasteiger partial charge in [0.05, 0.1) is 10.9 Å². The number of fused-ring (bicyclic) bond motifs is 1. The topological polar surface area (TPSA) is 76.4 Å². The highest BCUT2D eigenvalue weighted by molar-refractivity contribution is 14.1. The Labute approximate surface area is 214 Å². The van der Waals surface area contributed by atoms with Crippen LogP contribution in [0.25, 0.3) is 16.9 Å². The summed E-state index contributed by atoms with van der Waals surface area (Å²) in [7, 11) is 0. The highest BCUT2D eigenvalue weighted by Crippen LogP contribution is 2.41. The Morgan fingerprint density at radius 2 is 1.83 bits per heavy atom. The Bertz CT molecular complexity index is 1260. The number of carbonyl (C=O) groups is 1. The fraction of sp³-hybridized carbons (Fsp3) is 0.478. The van der Waals surface area contributed by atoms with E-state index >= 15 is 0 Å². The zero-order valence-corrected chi connectivity index (χ0v) is 22.1. The highest BCUT2D eigenvalue weighted by atomic mass is 127. The minimum absolute atomic E-state index is 0.0922. The highest BCUT2D eigenvalue weighted by Gasteiger charge is 2.40. The molecule has 12 heteroatoms. The van der Waals surface area contributed by atoms with Gasteiger partial charge in [0.2, 0.25) is 0 Å². The molecule has 0 spiro atoms. The van der Waals surface area contributed by atoms with Gasteiger partial charge >= 0.3 is 12.3 Å². The zero-order valence-electron chi connectivity index (χ0n) is 20.0. The summed E-state index contributed by atoms with van der Waals surface area (Å²) in [5.74, 6) is 0.508. The summed E-state index contributed by atoms with van der Waals surface area (Å²) in [6.07, 6.45) is -1.25. The lowest BCUT2D eigenvalue weighted by Crippen LogP contribution is -2.59. The van der Waals surface area contributed by atoms with Crippen LogP contribution in [-0.2, 0) is 10.9 Å². The first-order valence-electron chi connectivity index (χ1n) is 11.1. The number of amides is 1. The number of pyridine rings is 1. The van der Waals surface area contributed by atoms with E-state index in [2.05, 4.69) is 37.5 Å². The van der Waals surface area contributed by atoms with Crippen LogP contribution in [0.5, 0.6) is 0 Å². The van der Waals surface area contributed by atoms with E-state index in [9.17, 15) is 18.0 Å². The molecular formula is C23H26F3IN6O2. The van der Waals surface area contributed by atoms with Crippen LogP contribution in [0.4, 0.5) is 23.8 Å². The van der Waals surface area contributed by atoms with Gasteiger partial charge in [-0.15, -0.1) is 0 Å². The predicted molar refractivity (Wildman–Crippen MR) is 134 cm³/mol. The number of halogens is 4. The fourth-order valence-corrected chi connectivity index (χ4v) is 4.61. The lowest BCUT2D eigenvalue weighted by molar-refractivity contribution is -0.136. The van der Waals surface area contributed by atoms with Crippen LogP contribution in [0.15, 0.2) is 30.9 Å². The molecular weight excluding hydrogens is 576 g/mol. The molecule has 4 rings (SSSR count). The maximum absolute atomic E-state index is 14.2. The van der Waals surface area contributed by atoms with Crippen LogP contribution in [0.2, 0.25) is 0 Å². The van der Waals surface area contributed by atoms with Gasteiger partial charge in [0, 0.05) is 41.1 Å². The Morgan fingerprint density at radius 1 is 1.11 bits per heavy atom. The molecule has 0 N–H and O–H groups in total. The first-order valence-corrected chi connectivity index (χ1v) is 12.2. The Morgan fingerprint density at radius 3 is 2.46 bits per heavy atom. The van der Waals surface area contributed by atoms with Gasteiger partial charge in [0.25, 0.3) is 0 Å². The van der Waals surface area contributed by atoms with Crippen LogP contribution < -0.4 is 4.90 Å². The third-order valence-corrected chi connectivity index (χ3v) is 6.38. The minimum Gasteiger partial charge on any atom is -0.444 e. The predicted octanol–water partition coefficient (Wildman–Crippen LogP) is 5.27. The molecule has 2 atom stereocenters. The van der Waals surface area contributed by atoms with Crippen LogP contribution >= 0.6 is 22.6 Å². The van der Waals surface area contributed by atoms with E-state index in [0.717, 1.165) is 9.77 Å². The second kappa shape index (κ2) is 9.10. The molecule has 35 heavy (non-hydrogen) atoms. The molecule has 1 saturated heterocycles. The second-order valence-corrected chi connectivity index (χ2v) is 10.9. The third kappa shape index (κ3) is 5.16. The molecule has 0 aromatic carbocycles. The van der Waals surface area contributed by atoms with Gasteiger partial charge in [-0.2, -0.15) is 13.2 Å². The number of aromatic nitrogens is 4. The molecule has 3 aromatic rings. The number of alkyl halides is 3. The van der Waals surface area contributed by atoms with Gasteiger partial charge in [0.1, 0.15) is 23.6 Å². The maximum atomic E-state index is 14.2. The third-order valence-electron chi connectivity index (χ3n) is 5.71. The van der Waals surface area contributed by atoms with Crippen LogP contribution in [-0.4, -0.2) is 61.3 Å². The van der Waals surface area contributed by atoms with Crippen LogP contribution in [0, 0.1) is 3.57 Å². The van der Waals surface area contributed by atoms with Gasteiger partial charge in [-0.05, 0) is 69.3 Å². The quantitative estimate of drug-likeness (QED) is 0.372. The molecule has 0 saturated carbocycles. The summed E-state index contributed by atoms with van der Waals surface area (Å²) in [5, 5.41) is -0.0922. The summed E-state index contributed by atoms with van der Waals surface area (Å²) >= 11 is 2.08. The zero-order chi connectivity index (χ0) is 25.7. The smallest absolute Gasteiger partial charge is 0.418 e. The number of hydrogen-bond acceptors (Lipinski definition) is 6. The molecule has 3 aromatic heterocycles. The molecule has 188 valence electrons. The average molecular weight is 602 g/mol. The molecule has 8 nitrogen and oxygen atoms in total. The van der Waals surface area contributed by atoms with E-state index in [0.29, 0.717) is 5.82 Å². The molecule has 0 radical (unpaired) electrons. The van der Waals surface area contributed by atoms with Crippen LogP contribution in [0.3, 0.4) is 0 Å². The van der Waals surface area contributed by atoms with Crippen molar-refractivity contribution in [2.75, 3.05) is 18.0 Å². The Hall–Kier alpha value is -2.64. The van der Waals surface area contributed by atoms with Crippen molar-refractivity contribution in [1.82, 2.24) is 24.4 Å². The number of nitrogens with zero attached hydrogens (tertiary/aromatic N) is 6. The first kappa shape index (κ1) is 25.5. The lowest BCUT2D eigenvalue weighted by atomic mass is 10.1. The largest absolute Gasteiger partial charge is 0.444 e. The van der Waals surface area contributed by atoms with Gasteiger partial charge in [-0.3, -0.25) is 4.57 Å². The van der Waals surface area contributed by atoms with Crippen molar-refractivity contribution in [3.8, 4) is 5.82 Å². The number of rotatable bonds is 2. The SMILES string of the molecule is CC1CN(C(=O)OC(C)(C)C)[C@@H](C)CN1c1ncnc2c1c(C(F)(F)F)cn2-c1cc(I)ccn1. The van der Waals surface area contributed by atoms with Crippen molar-refractivity contribution in [2.24, 2.45) is 0 Å². The number of carbonyl (C=O) groups excluding carboxylic acids is 1. The summed E-state index contributed by atoms with van der Waals surface area (Å²) in [6, 6.07) is 2.83.